The summed E-state index contributed by atoms with van der Waals surface area (Å²) in [5.74, 6) is 0.139. The van der Waals surface area contributed by atoms with Crippen LogP contribution in [-0.4, -0.2) is 30.4 Å². The fraction of sp³-hybridized carbons (Fsp3) is 0.533. The van der Waals surface area contributed by atoms with E-state index in [9.17, 15) is 4.79 Å². The monoisotopic (exact) mass is 246 g/mol. The van der Waals surface area contributed by atoms with Gasteiger partial charge in [-0.15, -0.1) is 0 Å². The highest BCUT2D eigenvalue weighted by atomic mass is 16.2. The average molecular weight is 246 g/mol. The molecule has 0 aliphatic heterocycles. The maximum Gasteiger partial charge on any atom is 0.255 e. The van der Waals surface area contributed by atoms with Crippen LogP contribution in [0, 0.1) is 6.92 Å². The summed E-state index contributed by atoms with van der Waals surface area (Å²) in [5, 5.41) is 3.34. The molecule has 3 nitrogen and oxygen atoms in total. The van der Waals surface area contributed by atoms with Gasteiger partial charge in [0.25, 0.3) is 5.91 Å². The number of hydrogen-bond donors (Lipinski definition) is 1. The first kappa shape index (κ1) is 12.9. The van der Waals surface area contributed by atoms with Crippen molar-refractivity contribution in [1.82, 2.24) is 4.90 Å². The molecule has 18 heavy (non-hydrogen) atoms. The van der Waals surface area contributed by atoms with Crippen molar-refractivity contribution in [2.75, 3.05) is 18.9 Å². The number of amides is 1. The van der Waals surface area contributed by atoms with Crippen molar-refractivity contribution >= 4 is 11.6 Å². The molecule has 2 rings (SSSR count). The van der Waals surface area contributed by atoms with Crippen molar-refractivity contribution in [3.8, 4) is 0 Å². The summed E-state index contributed by atoms with van der Waals surface area (Å²) in [5.41, 5.74) is 2.89. The van der Waals surface area contributed by atoms with Gasteiger partial charge in [0.1, 0.15) is 0 Å². The van der Waals surface area contributed by atoms with Gasteiger partial charge in [-0.2, -0.15) is 0 Å². The lowest BCUT2D eigenvalue weighted by atomic mass is 10.1. The fourth-order valence-corrected chi connectivity index (χ4v) is 2.07. The van der Waals surface area contributed by atoms with Gasteiger partial charge in [-0.1, -0.05) is 18.6 Å². The van der Waals surface area contributed by atoms with Gasteiger partial charge in [0.2, 0.25) is 0 Å². The second-order valence-electron chi connectivity index (χ2n) is 5.12. The lowest BCUT2D eigenvalue weighted by Crippen LogP contribution is -2.29. The topological polar surface area (TPSA) is 32.3 Å². The standard InChI is InChI=1S/C15H22N2O/c1-4-9-16-14-8-5-11(2)10-13(14)15(18)17(3)12-6-7-12/h5,8,10,12,16H,4,6-7,9H2,1-3H3. The highest BCUT2D eigenvalue weighted by molar-refractivity contribution is 6.00. The Balaban J connectivity index is 2.22. The van der Waals surface area contributed by atoms with E-state index in [0.29, 0.717) is 6.04 Å². The maximum absolute atomic E-state index is 12.4. The van der Waals surface area contributed by atoms with E-state index < -0.39 is 0 Å². The summed E-state index contributed by atoms with van der Waals surface area (Å²) < 4.78 is 0. The number of aryl methyl sites for hydroxylation is 1. The van der Waals surface area contributed by atoms with E-state index in [-0.39, 0.29) is 5.91 Å². The molecular formula is C15H22N2O. The van der Waals surface area contributed by atoms with Gasteiger partial charge < -0.3 is 10.2 Å². The quantitative estimate of drug-likeness (QED) is 0.866. The van der Waals surface area contributed by atoms with Gasteiger partial charge in [-0.25, -0.2) is 0 Å². The molecule has 0 atom stereocenters. The summed E-state index contributed by atoms with van der Waals surface area (Å²) in [6.07, 6.45) is 3.34. The third kappa shape index (κ3) is 2.84. The number of nitrogens with one attached hydrogen (secondary N) is 1. The van der Waals surface area contributed by atoms with Gasteiger partial charge in [0.05, 0.1) is 5.56 Å². The zero-order valence-corrected chi connectivity index (χ0v) is 11.5. The van der Waals surface area contributed by atoms with E-state index in [2.05, 4.69) is 12.2 Å². The summed E-state index contributed by atoms with van der Waals surface area (Å²) in [6.45, 7) is 5.05. The number of anilines is 1. The Kier molecular flexibility index (Phi) is 3.90. The molecule has 0 spiro atoms. The molecule has 1 N–H and O–H groups in total. The Morgan fingerprint density at radius 1 is 1.44 bits per heavy atom. The van der Waals surface area contributed by atoms with Crippen molar-refractivity contribution in [2.45, 2.75) is 39.2 Å². The van der Waals surface area contributed by atoms with E-state index >= 15 is 0 Å². The molecule has 1 saturated carbocycles. The molecule has 0 unspecified atom stereocenters. The van der Waals surface area contributed by atoms with Crippen molar-refractivity contribution in [3.63, 3.8) is 0 Å². The molecule has 0 radical (unpaired) electrons. The Bertz CT molecular complexity index is 438. The average Bonchev–Trinajstić information content (AvgIpc) is 3.19. The lowest BCUT2D eigenvalue weighted by molar-refractivity contribution is 0.0786. The van der Waals surface area contributed by atoms with Crippen LogP contribution < -0.4 is 5.32 Å². The van der Waals surface area contributed by atoms with Gasteiger partial charge in [0.15, 0.2) is 0 Å². The number of nitrogens with zero attached hydrogens (tertiary/aromatic N) is 1. The number of rotatable bonds is 5. The lowest BCUT2D eigenvalue weighted by Gasteiger charge is -2.19. The molecule has 0 heterocycles. The molecule has 1 amide bonds. The Morgan fingerprint density at radius 2 is 2.17 bits per heavy atom. The largest absolute Gasteiger partial charge is 0.384 e. The van der Waals surface area contributed by atoms with Crippen LogP contribution in [0.2, 0.25) is 0 Å². The molecule has 1 aliphatic rings. The number of carbonyl (C=O) groups excluding carboxylic acids is 1. The molecule has 0 saturated heterocycles. The van der Waals surface area contributed by atoms with Gasteiger partial charge >= 0.3 is 0 Å². The van der Waals surface area contributed by atoms with Crippen molar-refractivity contribution in [3.05, 3.63) is 29.3 Å². The second-order valence-corrected chi connectivity index (χ2v) is 5.12. The highest BCUT2D eigenvalue weighted by Gasteiger charge is 2.30. The minimum atomic E-state index is 0.139. The van der Waals surface area contributed by atoms with E-state index in [0.717, 1.165) is 42.6 Å². The van der Waals surface area contributed by atoms with Crippen LogP contribution in [0.25, 0.3) is 0 Å². The molecule has 0 bridgehead atoms. The van der Waals surface area contributed by atoms with E-state index in [1.54, 1.807) is 0 Å². The van der Waals surface area contributed by atoms with Crippen molar-refractivity contribution in [2.24, 2.45) is 0 Å². The number of hydrogen-bond acceptors (Lipinski definition) is 2. The number of benzene rings is 1. The summed E-state index contributed by atoms with van der Waals surface area (Å²) in [4.78, 5) is 14.3. The third-order valence-electron chi connectivity index (χ3n) is 3.39. The zero-order valence-electron chi connectivity index (χ0n) is 11.5. The van der Waals surface area contributed by atoms with Crippen LogP contribution >= 0.6 is 0 Å². The molecule has 1 aromatic rings. The first-order chi connectivity index (χ1) is 8.63. The summed E-state index contributed by atoms with van der Waals surface area (Å²) >= 11 is 0. The molecule has 3 heteroatoms. The molecule has 0 aromatic heterocycles. The smallest absolute Gasteiger partial charge is 0.255 e. The predicted molar refractivity (Wildman–Crippen MR) is 75.1 cm³/mol. The van der Waals surface area contributed by atoms with E-state index in [4.69, 9.17) is 0 Å². The minimum Gasteiger partial charge on any atom is -0.384 e. The van der Waals surface area contributed by atoms with Crippen LogP contribution in [0.5, 0.6) is 0 Å². The number of carbonyl (C=O) groups is 1. The van der Waals surface area contributed by atoms with Crippen LogP contribution in [-0.2, 0) is 0 Å². The van der Waals surface area contributed by atoms with Crippen molar-refractivity contribution < 1.29 is 4.79 Å². The summed E-state index contributed by atoms with van der Waals surface area (Å²) in [6, 6.07) is 6.50. The van der Waals surface area contributed by atoms with E-state index in [1.165, 1.54) is 0 Å². The highest BCUT2D eigenvalue weighted by Crippen LogP contribution is 2.28. The van der Waals surface area contributed by atoms with Crippen LogP contribution in [0.1, 0.15) is 42.1 Å². The van der Waals surface area contributed by atoms with Gasteiger partial charge in [0, 0.05) is 25.3 Å². The molecule has 98 valence electrons. The zero-order chi connectivity index (χ0) is 13.1. The molecule has 1 aliphatic carbocycles. The fourth-order valence-electron chi connectivity index (χ4n) is 2.07. The first-order valence-electron chi connectivity index (χ1n) is 6.75. The second kappa shape index (κ2) is 5.42. The SMILES string of the molecule is CCCNc1ccc(C)cc1C(=O)N(C)C1CC1. The minimum absolute atomic E-state index is 0.139. The summed E-state index contributed by atoms with van der Waals surface area (Å²) in [7, 11) is 1.91. The first-order valence-corrected chi connectivity index (χ1v) is 6.75. The molecule has 1 fully saturated rings. The van der Waals surface area contributed by atoms with Crippen LogP contribution in [0.4, 0.5) is 5.69 Å². The predicted octanol–water partition coefficient (Wildman–Crippen LogP) is 3.05. The molecular weight excluding hydrogens is 224 g/mol. The Morgan fingerprint density at radius 3 is 2.78 bits per heavy atom. The third-order valence-corrected chi connectivity index (χ3v) is 3.39. The van der Waals surface area contributed by atoms with Crippen LogP contribution in [0.3, 0.4) is 0 Å². The van der Waals surface area contributed by atoms with E-state index in [1.807, 2.05) is 37.1 Å². The Labute approximate surface area is 109 Å². The maximum atomic E-state index is 12.4. The molecule has 1 aromatic carbocycles. The van der Waals surface area contributed by atoms with Crippen LogP contribution in [0.15, 0.2) is 18.2 Å². The van der Waals surface area contributed by atoms with Crippen molar-refractivity contribution in [1.29, 1.82) is 0 Å². The normalized spacial score (nSPS) is 14.4. The Hall–Kier alpha value is -1.51. The van der Waals surface area contributed by atoms with Gasteiger partial charge in [-0.05, 0) is 38.3 Å². The van der Waals surface area contributed by atoms with Gasteiger partial charge in [-0.3, -0.25) is 4.79 Å².